The van der Waals surface area contributed by atoms with Gasteiger partial charge in [-0.1, -0.05) is 0 Å². The lowest BCUT2D eigenvalue weighted by molar-refractivity contribution is -0.384. The molecule has 0 amide bonds. The molecule has 0 aliphatic carbocycles. The third-order valence-electron chi connectivity index (χ3n) is 3.19. The zero-order valence-corrected chi connectivity index (χ0v) is 13.3. The zero-order chi connectivity index (χ0) is 16.6. The zero-order valence-electron chi connectivity index (χ0n) is 11.6. The summed E-state index contributed by atoms with van der Waals surface area (Å²) >= 11 is 0.714. The molecule has 0 saturated heterocycles. The molecule has 0 unspecified atom stereocenters. The molecular formula is C12H10N2O7S2. The maximum absolute atomic E-state index is 12.2. The largest absolute Gasteiger partial charge is 0.492 e. The van der Waals surface area contributed by atoms with Gasteiger partial charge in [0.1, 0.15) is 6.61 Å². The first-order valence-corrected chi connectivity index (χ1v) is 8.38. The summed E-state index contributed by atoms with van der Waals surface area (Å²) in [5, 5.41) is 11.0. The molecule has 0 spiro atoms. The fraction of sp³-hybridized carbons (Fsp3) is 0.167. The Bertz CT molecular complexity index is 845. The lowest BCUT2D eigenvalue weighted by atomic mass is 10.0. The summed E-state index contributed by atoms with van der Waals surface area (Å²) < 4.78 is 42.2. The number of ether oxygens (including phenoxy) is 1. The molecule has 0 bridgehead atoms. The van der Waals surface area contributed by atoms with E-state index in [1.54, 1.807) is 0 Å². The highest BCUT2D eigenvalue weighted by Crippen LogP contribution is 2.42. The van der Waals surface area contributed by atoms with Gasteiger partial charge in [-0.05, 0) is 13.1 Å². The topological polar surface area (TPSA) is 117 Å². The van der Waals surface area contributed by atoms with Crippen molar-refractivity contribution < 1.29 is 26.4 Å². The van der Waals surface area contributed by atoms with Crippen LogP contribution in [0, 0.1) is 10.1 Å². The van der Waals surface area contributed by atoms with Gasteiger partial charge >= 0.3 is 0 Å². The van der Waals surface area contributed by atoms with Crippen LogP contribution >= 0.6 is 12.3 Å². The predicted octanol–water partition coefficient (Wildman–Crippen LogP) is 1.70. The van der Waals surface area contributed by atoms with Gasteiger partial charge in [-0.25, -0.2) is 13.1 Å². The van der Waals surface area contributed by atoms with Crippen molar-refractivity contribution in [1.29, 1.82) is 0 Å². The second kappa shape index (κ2) is 5.76. The number of rotatable bonds is 4. The van der Waals surface area contributed by atoms with Crippen molar-refractivity contribution in [3.63, 3.8) is 0 Å². The third-order valence-corrected chi connectivity index (χ3v) is 5.16. The van der Waals surface area contributed by atoms with E-state index in [9.17, 15) is 18.5 Å². The molecule has 122 valence electrons. The summed E-state index contributed by atoms with van der Waals surface area (Å²) in [5.74, 6) is 0.668. The fourth-order valence-electron chi connectivity index (χ4n) is 2.09. The first-order chi connectivity index (χ1) is 10.9. The van der Waals surface area contributed by atoms with Gasteiger partial charge in [0.25, 0.3) is 18.0 Å². The van der Waals surface area contributed by atoms with Crippen LogP contribution in [-0.2, 0) is 23.1 Å². The lowest BCUT2D eigenvalue weighted by Gasteiger charge is -2.16. The minimum absolute atomic E-state index is 0.0897. The van der Waals surface area contributed by atoms with Crippen LogP contribution < -0.4 is 4.72 Å². The first kappa shape index (κ1) is 15.6. The smallest absolute Gasteiger partial charge is 0.293 e. The summed E-state index contributed by atoms with van der Waals surface area (Å²) in [7, 11) is -2.59. The number of nitrogens with one attached hydrogen (secondary N) is 1. The molecule has 3 rings (SSSR count). The van der Waals surface area contributed by atoms with E-state index in [-0.39, 0.29) is 34.1 Å². The van der Waals surface area contributed by atoms with Crippen LogP contribution in [-0.4, -0.2) is 27.0 Å². The average Bonchev–Trinajstić information content (AvgIpc) is 3.02. The highest BCUT2D eigenvalue weighted by atomic mass is 32.2. The van der Waals surface area contributed by atoms with Crippen molar-refractivity contribution in [2.75, 3.05) is 13.7 Å². The number of non-ortho nitro benzene ring substituents is 1. The molecule has 23 heavy (non-hydrogen) atoms. The number of hydrogen-bond acceptors (Lipinski definition) is 8. The monoisotopic (exact) mass is 358 g/mol. The number of nitro groups is 1. The molecule has 2 aliphatic heterocycles. The highest BCUT2D eigenvalue weighted by Gasteiger charge is 2.32. The number of allylic oxidation sites excluding steroid dienone is 1. The summed E-state index contributed by atoms with van der Waals surface area (Å²) in [6.45, 7) is 0.134. The molecule has 0 radical (unpaired) electrons. The van der Waals surface area contributed by atoms with Crippen molar-refractivity contribution in [3.05, 3.63) is 51.7 Å². The van der Waals surface area contributed by atoms with Crippen LogP contribution in [0.2, 0.25) is 0 Å². The second-order valence-electron chi connectivity index (χ2n) is 4.47. The van der Waals surface area contributed by atoms with Gasteiger partial charge in [0.15, 0.2) is 11.5 Å². The Morgan fingerprint density at radius 1 is 1.35 bits per heavy atom. The Labute approximate surface area is 135 Å². The van der Waals surface area contributed by atoms with Gasteiger partial charge in [0.2, 0.25) is 10.0 Å². The molecule has 0 aromatic heterocycles. The fourth-order valence-corrected chi connectivity index (χ4v) is 3.50. The number of sulfonamides is 1. The molecule has 2 heterocycles. The molecule has 11 heteroatoms. The lowest BCUT2D eigenvalue weighted by Crippen LogP contribution is -2.20. The van der Waals surface area contributed by atoms with E-state index in [4.69, 9.17) is 13.1 Å². The van der Waals surface area contributed by atoms with Crippen LogP contribution in [0.3, 0.4) is 0 Å². The molecule has 9 nitrogen and oxygen atoms in total. The first-order valence-electron chi connectivity index (χ1n) is 6.23. The van der Waals surface area contributed by atoms with Gasteiger partial charge in [-0.3, -0.25) is 10.1 Å². The van der Waals surface area contributed by atoms with E-state index >= 15 is 0 Å². The molecule has 1 aromatic carbocycles. The quantitative estimate of drug-likeness (QED) is 0.491. The number of benzene rings is 1. The third kappa shape index (κ3) is 2.73. The number of nitro benzene ring substituents is 1. The van der Waals surface area contributed by atoms with E-state index < -0.39 is 14.9 Å². The Morgan fingerprint density at radius 3 is 2.83 bits per heavy atom. The van der Waals surface area contributed by atoms with Crippen molar-refractivity contribution in [1.82, 2.24) is 4.72 Å². The van der Waals surface area contributed by atoms with Crippen molar-refractivity contribution in [3.8, 4) is 0 Å². The molecule has 2 aliphatic rings. The van der Waals surface area contributed by atoms with E-state index in [1.165, 1.54) is 13.3 Å². The molecule has 0 atom stereocenters. The molecule has 1 N–H and O–H groups in total. The number of hydrogen-bond donors (Lipinski definition) is 1. The second-order valence-corrected chi connectivity index (χ2v) is 6.80. The van der Waals surface area contributed by atoms with E-state index in [1.807, 2.05) is 0 Å². The Morgan fingerprint density at radius 2 is 2.13 bits per heavy atom. The van der Waals surface area contributed by atoms with Gasteiger partial charge in [0, 0.05) is 17.7 Å². The molecule has 1 aromatic rings. The Kier molecular flexibility index (Phi) is 3.92. The maximum atomic E-state index is 12.2. The minimum atomic E-state index is -3.84. The van der Waals surface area contributed by atoms with Gasteiger partial charge in [0.05, 0.1) is 21.7 Å². The van der Waals surface area contributed by atoms with Crippen molar-refractivity contribution >= 4 is 33.6 Å². The van der Waals surface area contributed by atoms with Crippen LogP contribution in [0.15, 0.2) is 40.9 Å². The summed E-state index contributed by atoms with van der Waals surface area (Å²) in [6, 6.07) is 3.44. The Hall–Kier alpha value is -2.24. The molecule has 0 fully saturated rings. The molecular weight excluding hydrogens is 348 g/mol. The van der Waals surface area contributed by atoms with Gasteiger partial charge < -0.3 is 13.1 Å². The van der Waals surface area contributed by atoms with E-state index in [0.717, 1.165) is 18.2 Å². The van der Waals surface area contributed by atoms with Crippen LogP contribution in [0.1, 0.15) is 5.56 Å². The SMILES string of the molecule is CNS(=O)(=O)c1ccc([N+](=O)[O-])cc1C1=COCC2=C1OSO2. The Balaban J connectivity index is 2.22. The summed E-state index contributed by atoms with van der Waals surface area (Å²) in [5.41, 5.74) is 0.0934. The average molecular weight is 358 g/mol. The molecule has 0 saturated carbocycles. The standard InChI is InChI=1S/C12H10N2O7S2/c1-13-23(17,18)11-3-2-7(14(15)16)4-8(11)9-5-19-6-10-12(9)21-22-20-10/h2-5,13H,6H2,1H3. The summed E-state index contributed by atoms with van der Waals surface area (Å²) in [6.07, 6.45) is 1.29. The van der Waals surface area contributed by atoms with Crippen LogP contribution in [0.4, 0.5) is 5.69 Å². The normalized spacial score (nSPS) is 16.8. The minimum Gasteiger partial charge on any atom is -0.492 e. The van der Waals surface area contributed by atoms with Gasteiger partial charge in [-0.2, -0.15) is 0 Å². The van der Waals surface area contributed by atoms with Crippen LogP contribution in [0.25, 0.3) is 5.57 Å². The van der Waals surface area contributed by atoms with E-state index in [2.05, 4.69) is 4.72 Å². The number of nitrogens with zero attached hydrogens (tertiary/aromatic N) is 1. The van der Waals surface area contributed by atoms with Crippen molar-refractivity contribution in [2.24, 2.45) is 0 Å². The maximum Gasteiger partial charge on any atom is 0.293 e. The van der Waals surface area contributed by atoms with E-state index in [0.29, 0.717) is 18.1 Å². The van der Waals surface area contributed by atoms with Crippen LogP contribution in [0.5, 0.6) is 0 Å². The highest BCUT2D eigenvalue weighted by molar-refractivity contribution is 7.90. The summed E-state index contributed by atoms with van der Waals surface area (Å²) in [4.78, 5) is 10.3. The van der Waals surface area contributed by atoms with Gasteiger partial charge in [-0.15, -0.1) is 0 Å². The predicted molar refractivity (Wildman–Crippen MR) is 80.1 cm³/mol. The van der Waals surface area contributed by atoms with Crippen molar-refractivity contribution in [2.45, 2.75) is 4.90 Å².